The first-order chi connectivity index (χ1) is 8.54. The maximum Gasteiger partial charge on any atom is 0.0910 e. The molecule has 1 aromatic heterocycles. The Bertz CT molecular complexity index is 597. The third kappa shape index (κ3) is 2.57. The van der Waals surface area contributed by atoms with Crippen molar-refractivity contribution in [2.24, 2.45) is 5.73 Å². The molecule has 0 radical (unpaired) electrons. The number of fused-ring (bicyclic) bond motifs is 1. The lowest BCUT2D eigenvalue weighted by Crippen LogP contribution is -2.02. The highest BCUT2D eigenvalue weighted by Crippen LogP contribution is 2.37. The summed E-state index contributed by atoms with van der Waals surface area (Å²) in [6.07, 6.45) is 1.74. The Hall–Kier alpha value is -0.540. The Balaban J connectivity index is 2.66. The third-order valence-corrected chi connectivity index (χ3v) is 3.89. The van der Waals surface area contributed by atoms with E-state index in [1.165, 1.54) is 0 Å². The average molecular weight is 304 g/mol. The molecule has 2 rings (SSSR count). The summed E-state index contributed by atoms with van der Waals surface area (Å²) in [7, 11) is 0. The highest BCUT2D eigenvalue weighted by molar-refractivity contribution is 6.47. The SMILES string of the molecule is Cc1cc(CCCN)nc2c(Cl)cc(Cl)c(Cl)c12. The minimum absolute atomic E-state index is 0.453. The minimum atomic E-state index is 0.453. The fourth-order valence-corrected chi connectivity index (χ4v) is 2.76. The van der Waals surface area contributed by atoms with E-state index in [0.29, 0.717) is 27.1 Å². The molecule has 0 unspecified atom stereocenters. The van der Waals surface area contributed by atoms with Crippen molar-refractivity contribution in [1.29, 1.82) is 0 Å². The molecule has 96 valence electrons. The molecule has 5 heteroatoms. The van der Waals surface area contributed by atoms with Crippen LogP contribution in [0.25, 0.3) is 10.9 Å². The van der Waals surface area contributed by atoms with E-state index in [4.69, 9.17) is 40.5 Å². The van der Waals surface area contributed by atoms with Gasteiger partial charge in [-0.1, -0.05) is 34.8 Å². The zero-order valence-electron chi connectivity index (χ0n) is 9.93. The molecule has 0 fully saturated rings. The Labute approximate surface area is 121 Å². The molecule has 0 saturated carbocycles. The van der Waals surface area contributed by atoms with Crippen molar-refractivity contribution < 1.29 is 0 Å². The zero-order chi connectivity index (χ0) is 13.3. The predicted octanol–water partition coefficient (Wildman–Crippen LogP) is 4.39. The molecule has 0 atom stereocenters. The van der Waals surface area contributed by atoms with E-state index in [1.54, 1.807) is 6.07 Å². The average Bonchev–Trinajstić information content (AvgIpc) is 2.33. The first-order valence-corrected chi connectivity index (χ1v) is 6.81. The van der Waals surface area contributed by atoms with Crippen LogP contribution in [-0.4, -0.2) is 11.5 Å². The van der Waals surface area contributed by atoms with Crippen molar-refractivity contribution in [1.82, 2.24) is 4.98 Å². The molecule has 0 amide bonds. The van der Waals surface area contributed by atoms with Crippen molar-refractivity contribution in [2.75, 3.05) is 6.54 Å². The zero-order valence-corrected chi connectivity index (χ0v) is 12.2. The number of nitrogens with two attached hydrogens (primary N) is 1. The number of halogens is 3. The van der Waals surface area contributed by atoms with Gasteiger partial charge in [-0.05, 0) is 44.0 Å². The number of hydrogen-bond acceptors (Lipinski definition) is 2. The van der Waals surface area contributed by atoms with Crippen molar-refractivity contribution in [3.05, 3.63) is 38.5 Å². The van der Waals surface area contributed by atoms with E-state index in [-0.39, 0.29) is 0 Å². The number of aryl methyl sites for hydroxylation is 2. The number of aromatic nitrogens is 1. The fraction of sp³-hybridized carbons (Fsp3) is 0.308. The van der Waals surface area contributed by atoms with E-state index in [1.807, 2.05) is 13.0 Å². The Morgan fingerprint density at radius 3 is 2.56 bits per heavy atom. The van der Waals surface area contributed by atoms with E-state index >= 15 is 0 Å². The van der Waals surface area contributed by atoms with E-state index in [9.17, 15) is 0 Å². The summed E-state index contributed by atoms with van der Waals surface area (Å²) in [5.41, 5.74) is 8.22. The molecule has 0 aliphatic heterocycles. The monoisotopic (exact) mass is 302 g/mol. The van der Waals surface area contributed by atoms with Crippen LogP contribution in [0.4, 0.5) is 0 Å². The van der Waals surface area contributed by atoms with Gasteiger partial charge in [0.2, 0.25) is 0 Å². The maximum absolute atomic E-state index is 6.21. The van der Waals surface area contributed by atoms with E-state index in [0.717, 1.165) is 29.5 Å². The molecular weight excluding hydrogens is 291 g/mol. The Morgan fingerprint density at radius 1 is 1.17 bits per heavy atom. The number of hydrogen-bond donors (Lipinski definition) is 1. The van der Waals surface area contributed by atoms with Gasteiger partial charge in [0.1, 0.15) is 0 Å². The molecule has 0 aliphatic carbocycles. The van der Waals surface area contributed by atoms with Crippen LogP contribution in [0.3, 0.4) is 0 Å². The summed E-state index contributed by atoms with van der Waals surface area (Å²) in [6, 6.07) is 3.64. The van der Waals surface area contributed by atoms with Crippen molar-refractivity contribution >= 4 is 45.7 Å². The molecule has 1 aromatic carbocycles. The number of benzene rings is 1. The van der Waals surface area contributed by atoms with Crippen molar-refractivity contribution in [3.8, 4) is 0 Å². The van der Waals surface area contributed by atoms with Crippen LogP contribution in [0.2, 0.25) is 15.1 Å². The van der Waals surface area contributed by atoms with Crippen molar-refractivity contribution in [3.63, 3.8) is 0 Å². The second-order valence-corrected chi connectivity index (χ2v) is 5.39. The van der Waals surface area contributed by atoms with Gasteiger partial charge >= 0.3 is 0 Å². The van der Waals surface area contributed by atoms with Gasteiger partial charge in [-0.3, -0.25) is 4.98 Å². The molecule has 1 heterocycles. The second kappa shape index (κ2) is 5.62. The van der Waals surface area contributed by atoms with Gasteiger partial charge < -0.3 is 5.73 Å². The summed E-state index contributed by atoms with van der Waals surface area (Å²) >= 11 is 18.4. The molecule has 0 spiro atoms. The summed E-state index contributed by atoms with van der Waals surface area (Å²) in [6.45, 7) is 2.63. The lowest BCUT2D eigenvalue weighted by Gasteiger charge is -2.10. The number of nitrogens with zero attached hydrogens (tertiary/aromatic N) is 1. The summed E-state index contributed by atoms with van der Waals surface area (Å²) in [5, 5.41) is 2.31. The topological polar surface area (TPSA) is 38.9 Å². The van der Waals surface area contributed by atoms with Crippen molar-refractivity contribution in [2.45, 2.75) is 19.8 Å². The summed E-state index contributed by atoms with van der Waals surface area (Å²) in [4.78, 5) is 4.54. The second-order valence-electron chi connectivity index (χ2n) is 4.20. The lowest BCUT2D eigenvalue weighted by atomic mass is 10.1. The van der Waals surface area contributed by atoms with Gasteiger partial charge in [0.15, 0.2) is 0 Å². The molecule has 2 nitrogen and oxygen atoms in total. The van der Waals surface area contributed by atoms with Gasteiger partial charge in [0.25, 0.3) is 0 Å². The predicted molar refractivity (Wildman–Crippen MR) is 78.9 cm³/mol. The van der Waals surface area contributed by atoms with E-state index in [2.05, 4.69) is 4.98 Å². The fourth-order valence-electron chi connectivity index (χ4n) is 1.96. The smallest absolute Gasteiger partial charge is 0.0910 e. The van der Waals surface area contributed by atoms with Crippen LogP contribution in [0.1, 0.15) is 17.7 Å². The van der Waals surface area contributed by atoms with Crippen LogP contribution in [0.5, 0.6) is 0 Å². The van der Waals surface area contributed by atoms with Gasteiger partial charge in [0.05, 0.1) is 20.6 Å². The molecular formula is C13H13Cl3N2. The summed E-state index contributed by atoms with van der Waals surface area (Å²) in [5.74, 6) is 0. The van der Waals surface area contributed by atoms with Gasteiger partial charge in [0, 0.05) is 11.1 Å². The lowest BCUT2D eigenvalue weighted by molar-refractivity contribution is 0.813. The normalized spacial score (nSPS) is 11.2. The molecule has 0 saturated heterocycles. The highest BCUT2D eigenvalue weighted by Gasteiger charge is 2.13. The van der Waals surface area contributed by atoms with Crippen LogP contribution in [0, 0.1) is 6.92 Å². The molecule has 0 bridgehead atoms. The van der Waals surface area contributed by atoms with Gasteiger partial charge in [-0.15, -0.1) is 0 Å². The molecule has 0 aliphatic rings. The first kappa shape index (κ1) is 13.9. The third-order valence-electron chi connectivity index (χ3n) is 2.82. The van der Waals surface area contributed by atoms with Gasteiger partial charge in [-0.2, -0.15) is 0 Å². The Kier molecular flexibility index (Phi) is 4.33. The molecule has 2 N–H and O–H groups in total. The van der Waals surface area contributed by atoms with Crippen LogP contribution in [0.15, 0.2) is 12.1 Å². The van der Waals surface area contributed by atoms with Gasteiger partial charge in [-0.25, -0.2) is 0 Å². The maximum atomic E-state index is 6.21. The summed E-state index contributed by atoms with van der Waals surface area (Å²) < 4.78 is 0. The standard InChI is InChI=1S/C13H13Cl3N2/c1-7-5-8(3-2-4-17)18-13-10(15)6-9(14)12(16)11(7)13/h5-6H,2-4,17H2,1H3. The minimum Gasteiger partial charge on any atom is -0.330 e. The molecule has 18 heavy (non-hydrogen) atoms. The van der Waals surface area contributed by atoms with Crippen LogP contribution < -0.4 is 5.73 Å². The number of rotatable bonds is 3. The number of pyridine rings is 1. The quantitative estimate of drug-likeness (QED) is 0.854. The largest absolute Gasteiger partial charge is 0.330 e. The van der Waals surface area contributed by atoms with E-state index < -0.39 is 0 Å². The first-order valence-electron chi connectivity index (χ1n) is 5.68. The van der Waals surface area contributed by atoms with Crippen LogP contribution in [-0.2, 0) is 6.42 Å². The van der Waals surface area contributed by atoms with Crippen LogP contribution >= 0.6 is 34.8 Å². The molecule has 2 aromatic rings. The highest BCUT2D eigenvalue weighted by atomic mass is 35.5. The Morgan fingerprint density at radius 2 is 1.89 bits per heavy atom.